The smallest absolute Gasteiger partial charge is 0.219 e. The second-order valence-corrected chi connectivity index (χ2v) is 7.40. The molecule has 0 N–H and O–H groups in total. The molecular formula is C22H22N6O. The van der Waals surface area contributed by atoms with Gasteiger partial charge in [0.25, 0.3) is 0 Å². The third kappa shape index (κ3) is 3.08. The number of imidazole rings is 1. The normalized spacial score (nSPS) is 14.7. The van der Waals surface area contributed by atoms with Crippen molar-refractivity contribution < 1.29 is 4.79 Å². The van der Waals surface area contributed by atoms with Crippen molar-refractivity contribution in [3.8, 4) is 11.5 Å². The van der Waals surface area contributed by atoms with Crippen molar-refractivity contribution in [3.05, 3.63) is 48.7 Å². The Kier molecular flexibility index (Phi) is 4.16. The van der Waals surface area contributed by atoms with Crippen molar-refractivity contribution >= 4 is 33.7 Å². The van der Waals surface area contributed by atoms with Crippen molar-refractivity contribution in [2.24, 2.45) is 7.05 Å². The summed E-state index contributed by atoms with van der Waals surface area (Å²) < 4.78 is 2.07. The lowest BCUT2D eigenvalue weighted by Crippen LogP contribution is -2.48. The predicted molar refractivity (Wildman–Crippen MR) is 114 cm³/mol. The van der Waals surface area contributed by atoms with Crippen LogP contribution in [-0.2, 0) is 11.8 Å². The number of rotatable bonds is 2. The van der Waals surface area contributed by atoms with Crippen LogP contribution in [0.4, 0.5) is 5.69 Å². The van der Waals surface area contributed by atoms with Gasteiger partial charge in [0.05, 0.1) is 28.3 Å². The molecule has 3 heterocycles. The second-order valence-electron chi connectivity index (χ2n) is 7.40. The summed E-state index contributed by atoms with van der Waals surface area (Å²) in [4.78, 5) is 29.9. The summed E-state index contributed by atoms with van der Waals surface area (Å²) in [7, 11) is 2.01. The van der Waals surface area contributed by atoms with E-state index in [1.165, 1.54) is 0 Å². The number of amides is 1. The van der Waals surface area contributed by atoms with Gasteiger partial charge in [0.15, 0.2) is 5.82 Å². The summed E-state index contributed by atoms with van der Waals surface area (Å²) >= 11 is 0. The fraction of sp³-hybridized carbons (Fsp3) is 0.273. The minimum absolute atomic E-state index is 0.146. The van der Waals surface area contributed by atoms with E-state index in [1.54, 1.807) is 13.1 Å². The van der Waals surface area contributed by atoms with Gasteiger partial charge in [-0.2, -0.15) is 0 Å². The topological polar surface area (TPSA) is 67.2 Å². The van der Waals surface area contributed by atoms with Crippen LogP contribution in [0.5, 0.6) is 0 Å². The number of fused-ring (bicyclic) bond motifs is 2. The van der Waals surface area contributed by atoms with E-state index < -0.39 is 0 Å². The highest BCUT2D eigenvalue weighted by atomic mass is 16.2. The number of piperazine rings is 1. The van der Waals surface area contributed by atoms with E-state index >= 15 is 0 Å². The maximum Gasteiger partial charge on any atom is 0.219 e. The minimum atomic E-state index is 0.146. The molecule has 1 aliphatic rings. The van der Waals surface area contributed by atoms with Crippen molar-refractivity contribution in [1.82, 2.24) is 24.4 Å². The first-order chi connectivity index (χ1) is 14.1. The van der Waals surface area contributed by atoms with Crippen LogP contribution in [0.2, 0.25) is 0 Å². The molecule has 146 valence electrons. The number of nitrogens with zero attached hydrogens (tertiary/aromatic N) is 6. The van der Waals surface area contributed by atoms with Crippen LogP contribution >= 0.6 is 0 Å². The van der Waals surface area contributed by atoms with Gasteiger partial charge >= 0.3 is 0 Å². The van der Waals surface area contributed by atoms with E-state index in [1.807, 2.05) is 36.2 Å². The van der Waals surface area contributed by atoms with Crippen molar-refractivity contribution in [3.63, 3.8) is 0 Å². The molecule has 4 aromatic rings. The number of aryl methyl sites for hydroxylation is 1. The lowest BCUT2D eigenvalue weighted by atomic mass is 10.2. The Morgan fingerprint density at radius 1 is 0.931 bits per heavy atom. The first-order valence-corrected chi connectivity index (χ1v) is 9.79. The third-order valence-electron chi connectivity index (χ3n) is 5.63. The molecule has 1 fully saturated rings. The molecule has 7 nitrogen and oxygen atoms in total. The summed E-state index contributed by atoms with van der Waals surface area (Å²) in [6, 6.07) is 14.2. The fourth-order valence-electron chi connectivity index (χ4n) is 3.95. The van der Waals surface area contributed by atoms with Crippen LogP contribution in [0.1, 0.15) is 6.92 Å². The maximum atomic E-state index is 11.6. The lowest BCUT2D eigenvalue weighted by Gasteiger charge is -2.35. The number of para-hydroxylation sites is 2. The average Bonchev–Trinajstić information content (AvgIpc) is 3.09. The van der Waals surface area contributed by atoms with Gasteiger partial charge in [0.1, 0.15) is 5.69 Å². The van der Waals surface area contributed by atoms with Gasteiger partial charge in [-0.25, -0.2) is 9.97 Å². The predicted octanol–water partition coefficient (Wildman–Crippen LogP) is 2.85. The zero-order valence-electron chi connectivity index (χ0n) is 16.5. The minimum Gasteiger partial charge on any atom is -0.368 e. The molecule has 1 amide bonds. The molecule has 0 atom stereocenters. The van der Waals surface area contributed by atoms with E-state index in [4.69, 9.17) is 9.97 Å². The highest BCUT2D eigenvalue weighted by Crippen LogP contribution is 2.27. The van der Waals surface area contributed by atoms with Crippen LogP contribution in [0, 0.1) is 0 Å². The summed E-state index contributed by atoms with van der Waals surface area (Å²) in [5.74, 6) is 0.949. The summed E-state index contributed by atoms with van der Waals surface area (Å²) in [5.41, 5.74) is 5.65. The summed E-state index contributed by atoms with van der Waals surface area (Å²) in [6.45, 7) is 4.83. The molecule has 0 aliphatic carbocycles. The number of benzene rings is 2. The average molecular weight is 386 g/mol. The van der Waals surface area contributed by atoms with Crippen LogP contribution in [0.25, 0.3) is 33.6 Å². The zero-order chi connectivity index (χ0) is 20.0. The van der Waals surface area contributed by atoms with Crippen molar-refractivity contribution in [2.45, 2.75) is 6.92 Å². The zero-order valence-corrected chi connectivity index (χ0v) is 16.5. The third-order valence-corrected chi connectivity index (χ3v) is 5.63. The molecule has 5 rings (SSSR count). The largest absolute Gasteiger partial charge is 0.368 e. The van der Waals surface area contributed by atoms with E-state index in [0.717, 1.165) is 65.5 Å². The van der Waals surface area contributed by atoms with E-state index in [9.17, 15) is 4.79 Å². The number of hydrogen-bond acceptors (Lipinski definition) is 5. The SMILES string of the molecule is CC(=O)N1CCN(c2ccc3nc(-c4cnc5ccccc5n4)n(C)c3c2)CC1. The van der Waals surface area contributed by atoms with Crippen LogP contribution in [0.3, 0.4) is 0 Å². The van der Waals surface area contributed by atoms with Gasteiger partial charge in [-0.15, -0.1) is 0 Å². The van der Waals surface area contributed by atoms with E-state index in [-0.39, 0.29) is 5.91 Å². The van der Waals surface area contributed by atoms with E-state index in [2.05, 4.69) is 32.7 Å². The molecule has 2 aromatic carbocycles. The highest BCUT2D eigenvalue weighted by Gasteiger charge is 2.20. The van der Waals surface area contributed by atoms with Crippen LogP contribution < -0.4 is 4.90 Å². The van der Waals surface area contributed by atoms with E-state index in [0.29, 0.717) is 0 Å². The lowest BCUT2D eigenvalue weighted by molar-refractivity contribution is -0.129. The Bertz CT molecular complexity index is 1220. The Morgan fingerprint density at radius 3 is 2.45 bits per heavy atom. The molecule has 0 bridgehead atoms. The van der Waals surface area contributed by atoms with Crippen molar-refractivity contribution in [2.75, 3.05) is 31.1 Å². The second kappa shape index (κ2) is 6.84. The summed E-state index contributed by atoms with van der Waals surface area (Å²) in [5, 5.41) is 0. The number of aromatic nitrogens is 4. The van der Waals surface area contributed by atoms with Gasteiger partial charge in [-0.1, -0.05) is 12.1 Å². The molecule has 7 heteroatoms. The molecule has 0 saturated carbocycles. The molecule has 0 unspecified atom stereocenters. The molecule has 1 saturated heterocycles. The number of carbonyl (C=O) groups excluding carboxylic acids is 1. The van der Waals surface area contributed by atoms with Crippen molar-refractivity contribution in [1.29, 1.82) is 0 Å². The molecule has 29 heavy (non-hydrogen) atoms. The fourth-order valence-corrected chi connectivity index (χ4v) is 3.95. The first-order valence-electron chi connectivity index (χ1n) is 9.79. The quantitative estimate of drug-likeness (QED) is 0.530. The number of carbonyl (C=O) groups is 1. The molecule has 0 spiro atoms. The molecule has 1 aliphatic heterocycles. The van der Waals surface area contributed by atoms with Gasteiger partial charge in [0, 0.05) is 45.8 Å². The monoisotopic (exact) mass is 386 g/mol. The van der Waals surface area contributed by atoms with Gasteiger partial charge in [0.2, 0.25) is 5.91 Å². The maximum absolute atomic E-state index is 11.6. The highest BCUT2D eigenvalue weighted by molar-refractivity contribution is 5.84. The number of hydrogen-bond donors (Lipinski definition) is 0. The summed E-state index contributed by atoms with van der Waals surface area (Å²) in [6.07, 6.45) is 1.78. The molecule has 0 radical (unpaired) electrons. The molecular weight excluding hydrogens is 364 g/mol. The van der Waals surface area contributed by atoms with Crippen LogP contribution in [0.15, 0.2) is 48.7 Å². The van der Waals surface area contributed by atoms with Crippen LogP contribution in [-0.4, -0.2) is 56.5 Å². The van der Waals surface area contributed by atoms with Gasteiger partial charge in [-0.05, 0) is 30.3 Å². The standard InChI is InChI=1S/C22H22N6O/c1-15(29)27-9-11-28(12-10-27)16-7-8-19-21(13-16)26(2)22(25-19)20-14-23-17-5-3-4-6-18(17)24-20/h3-8,13-14H,9-12H2,1-2H3. The molecule has 2 aromatic heterocycles. The van der Waals surface area contributed by atoms with Gasteiger partial charge in [-0.3, -0.25) is 9.78 Å². The Labute approximate surface area is 168 Å². The Morgan fingerprint density at radius 2 is 1.69 bits per heavy atom. The number of anilines is 1. The Hall–Kier alpha value is -3.48. The first kappa shape index (κ1) is 17.6. The van der Waals surface area contributed by atoms with Gasteiger partial charge < -0.3 is 14.4 Å². The Balaban J connectivity index is 1.49.